The van der Waals surface area contributed by atoms with Crippen LogP contribution in [0, 0.1) is 0 Å². The van der Waals surface area contributed by atoms with Crippen molar-refractivity contribution < 1.29 is 20.1 Å². The SMILES string of the molecule is C=Cc1cc(C2OC(CO)C(O)C2O)c(=O)[nH]c1N. The monoisotopic (exact) mass is 268 g/mol. The highest BCUT2D eigenvalue weighted by Gasteiger charge is 2.44. The third-order valence-electron chi connectivity index (χ3n) is 3.20. The first-order valence-electron chi connectivity index (χ1n) is 5.77. The van der Waals surface area contributed by atoms with Crippen LogP contribution in [-0.4, -0.2) is 45.2 Å². The summed E-state index contributed by atoms with van der Waals surface area (Å²) < 4.78 is 5.30. The van der Waals surface area contributed by atoms with Crippen LogP contribution >= 0.6 is 0 Å². The molecule has 0 spiro atoms. The lowest BCUT2D eigenvalue weighted by atomic mass is 10.0. The Morgan fingerprint density at radius 2 is 2.16 bits per heavy atom. The van der Waals surface area contributed by atoms with E-state index in [2.05, 4.69) is 11.6 Å². The fourth-order valence-electron chi connectivity index (χ4n) is 2.11. The number of nitrogens with two attached hydrogens (primary N) is 1. The highest BCUT2D eigenvalue weighted by molar-refractivity contribution is 5.60. The molecule has 1 fully saturated rings. The number of aliphatic hydroxyl groups excluding tert-OH is 3. The van der Waals surface area contributed by atoms with E-state index in [9.17, 15) is 15.0 Å². The molecule has 6 N–H and O–H groups in total. The molecule has 4 unspecified atom stereocenters. The van der Waals surface area contributed by atoms with Crippen LogP contribution in [-0.2, 0) is 4.74 Å². The highest BCUT2D eigenvalue weighted by atomic mass is 16.6. The van der Waals surface area contributed by atoms with E-state index in [4.69, 9.17) is 15.6 Å². The molecule has 0 aliphatic carbocycles. The predicted octanol–water partition coefficient (Wildman–Crippen LogP) is -1.25. The molecule has 2 heterocycles. The number of aliphatic hydroxyl groups is 3. The van der Waals surface area contributed by atoms with Gasteiger partial charge in [-0.25, -0.2) is 0 Å². The third kappa shape index (κ3) is 2.28. The van der Waals surface area contributed by atoms with Crippen LogP contribution in [0.15, 0.2) is 17.4 Å². The number of aromatic amines is 1. The molecule has 1 aliphatic rings. The second kappa shape index (κ2) is 5.14. The van der Waals surface area contributed by atoms with Gasteiger partial charge >= 0.3 is 0 Å². The second-order valence-corrected chi connectivity index (χ2v) is 4.39. The van der Waals surface area contributed by atoms with E-state index in [0.29, 0.717) is 5.56 Å². The molecule has 1 aliphatic heterocycles. The third-order valence-corrected chi connectivity index (χ3v) is 3.20. The number of hydrogen-bond donors (Lipinski definition) is 5. The zero-order valence-corrected chi connectivity index (χ0v) is 10.1. The first-order chi connectivity index (χ1) is 8.99. The van der Waals surface area contributed by atoms with Gasteiger partial charge in [0.2, 0.25) is 0 Å². The van der Waals surface area contributed by atoms with Crippen LogP contribution in [0.25, 0.3) is 6.08 Å². The van der Waals surface area contributed by atoms with Gasteiger partial charge in [-0.15, -0.1) is 0 Å². The van der Waals surface area contributed by atoms with Crippen LogP contribution in [0.2, 0.25) is 0 Å². The van der Waals surface area contributed by atoms with Crippen molar-refractivity contribution in [3.63, 3.8) is 0 Å². The minimum atomic E-state index is -1.29. The molecule has 1 aromatic heterocycles. The zero-order chi connectivity index (χ0) is 14.2. The van der Waals surface area contributed by atoms with Gasteiger partial charge in [0.05, 0.1) is 6.61 Å². The summed E-state index contributed by atoms with van der Waals surface area (Å²) in [5.74, 6) is 0.162. The average Bonchev–Trinajstić information content (AvgIpc) is 2.67. The van der Waals surface area contributed by atoms with Crippen LogP contribution in [0.3, 0.4) is 0 Å². The van der Waals surface area contributed by atoms with Gasteiger partial charge in [0.15, 0.2) is 0 Å². The Balaban J connectivity index is 2.43. The minimum absolute atomic E-state index is 0.131. The maximum absolute atomic E-state index is 11.8. The van der Waals surface area contributed by atoms with E-state index in [1.807, 2.05) is 0 Å². The summed E-state index contributed by atoms with van der Waals surface area (Å²) in [4.78, 5) is 14.3. The normalized spacial score (nSPS) is 30.5. The molecule has 0 aromatic carbocycles. The molecular weight excluding hydrogens is 252 g/mol. The number of rotatable bonds is 3. The summed E-state index contributed by atoms with van der Waals surface area (Å²) in [5, 5.41) is 28.6. The molecule has 1 aromatic rings. The Bertz CT molecular complexity index is 541. The summed E-state index contributed by atoms with van der Waals surface area (Å²) in [6.45, 7) is 3.11. The van der Waals surface area contributed by atoms with Crippen molar-refractivity contribution in [2.24, 2.45) is 0 Å². The lowest BCUT2D eigenvalue weighted by molar-refractivity contribution is -0.0231. The molecule has 7 nitrogen and oxygen atoms in total. The molecule has 7 heteroatoms. The van der Waals surface area contributed by atoms with Crippen LogP contribution in [0.5, 0.6) is 0 Å². The van der Waals surface area contributed by atoms with Gasteiger partial charge in [-0.2, -0.15) is 0 Å². The molecule has 1 saturated heterocycles. The van der Waals surface area contributed by atoms with Gasteiger partial charge in [-0.1, -0.05) is 12.7 Å². The Morgan fingerprint density at radius 3 is 2.68 bits per heavy atom. The van der Waals surface area contributed by atoms with Crippen molar-refractivity contribution in [3.05, 3.63) is 34.1 Å². The van der Waals surface area contributed by atoms with Gasteiger partial charge in [-0.05, 0) is 6.07 Å². The van der Waals surface area contributed by atoms with Crippen molar-refractivity contribution in [3.8, 4) is 0 Å². The maximum atomic E-state index is 11.8. The van der Waals surface area contributed by atoms with Crippen molar-refractivity contribution in [2.75, 3.05) is 12.3 Å². The summed E-state index contributed by atoms with van der Waals surface area (Å²) >= 11 is 0. The molecule has 19 heavy (non-hydrogen) atoms. The largest absolute Gasteiger partial charge is 0.394 e. The summed E-state index contributed by atoms with van der Waals surface area (Å²) in [6, 6.07) is 1.45. The molecule has 104 valence electrons. The Kier molecular flexibility index (Phi) is 3.72. The first kappa shape index (κ1) is 13.8. The number of ether oxygens (including phenoxy) is 1. The number of H-pyrrole nitrogens is 1. The molecule has 2 rings (SSSR count). The quantitative estimate of drug-likeness (QED) is 0.466. The standard InChI is InChI=1S/C12H16N2O5/c1-2-5-3-6(12(18)14-11(5)13)10-9(17)8(16)7(4-15)19-10/h2-3,7-10,15-17H,1,4H2,(H3,13,14,18). The van der Waals surface area contributed by atoms with Gasteiger partial charge in [0.1, 0.15) is 30.2 Å². The van der Waals surface area contributed by atoms with Crippen LogP contribution < -0.4 is 11.3 Å². The fraction of sp³-hybridized carbons (Fsp3) is 0.417. The molecule has 0 radical (unpaired) electrons. The van der Waals surface area contributed by atoms with E-state index in [1.54, 1.807) is 0 Å². The molecule has 4 atom stereocenters. The number of pyridine rings is 1. The van der Waals surface area contributed by atoms with Gasteiger partial charge in [-0.3, -0.25) is 4.79 Å². The summed E-state index contributed by atoms with van der Waals surface area (Å²) in [5.41, 5.74) is 5.70. The zero-order valence-electron chi connectivity index (χ0n) is 10.1. The van der Waals surface area contributed by atoms with E-state index >= 15 is 0 Å². The molecule has 0 amide bonds. The van der Waals surface area contributed by atoms with E-state index < -0.39 is 36.6 Å². The lowest BCUT2D eigenvalue weighted by Crippen LogP contribution is -2.33. The van der Waals surface area contributed by atoms with E-state index in [-0.39, 0.29) is 11.4 Å². The molecule has 0 saturated carbocycles. The topological polar surface area (TPSA) is 129 Å². The van der Waals surface area contributed by atoms with Crippen molar-refractivity contribution in [1.29, 1.82) is 0 Å². The molecular formula is C12H16N2O5. The predicted molar refractivity (Wildman–Crippen MR) is 68.3 cm³/mol. The molecule has 0 bridgehead atoms. The van der Waals surface area contributed by atoms with E-state index in [0.717, 1.165) is 0 Å². The number of anilines is 1. The smallest absolute Gasteiger partial charge is 0.255 e. The summed E-state index contributed by atoms with van der Waals surface area (Å²) in [7, 11) is 0. The fourth-order valence-corrected chi connectivity index (χ4v) is 2.11. The Morgan fingerprint density at radius 1 is 1.47 bits per heavy atom. The van der Waals surface area contributed by atoms with Crippen LogP contribution in [0.4, 0.5) is 5.82 Å². The number of nitrogens with one attached hydrogen (secondary N) is 1. The maximum Gasteiger partial charge on any atom is 0.255 e. The van der Waals surface area contributed by atoms with Crippen molar-refractivity contribution >= 4 is 11.9 Å². The van der Waals surface area contributed by atoms with Crippen molar-refractivity contribution in [2.45, 2.75) is 24.4 Å². The van der Waals surface area contributed by atoms with Crippen LogP contribution in [0.1, 0.15) is 17.2 Å². The van der Waals surface area contributed by atoms with Crippen molar-refractivity contribution in [1.82, 2.24) is 4.98 Å². The van der Waals surface area contributed by atoms with Gasteiger partial charge in [0, 0.05) is 11.1 Å². The Hall–Kier alpha value is -1.67. The van der Waals surface area contributed by atoms with Gasteiger partial charge in [0.25, 0.3) is 5.56 Å². The average molecular weight is 268 g/mol. The number of nitrogen functional groups attached to an aromatic ring is 1. The summed E-state index contributed by atoms with van der Waals surface area (Å²) in [6.07, 6.45) is -3.03. The number of hydrogen-bond acceptors (Lipinski definition) is 6. The highest BCUT2D eigenvalue weighted by Crippen LogP contribution is 2.32. The van der Waals surface area contributed by atoms with E-state index in [1.165, 1.54) is 12.1 Å². The first-order valence-corrected chi connectivity index (χ1v) is 5.77. The second-order valence-electron chi connectivity index (χ2n) is 4.39. The Labute approximate surface area is 109 Å². The lowest BCUT2D eigenvalue weighted by Gasteiger charge is -2.15. The number of aromatic nitrogens is 1. The minimum Gasteiger partial charge on any atom is -0.394 e. The van der Waals surface area contributed by atoms with Gasteiger partial charge < -0.3 is 30.8 Å².